The number of nitrogens with zero attached hydrogens (tertiary/aromatic N) is 3. The van der Waals surface area contributed by atoms with Gasteiger partial charge in [0.15, 0.2) is 0 Å². The number of benzene rings is 2. The largest absolute Gasteiger partial charge is 0.481 e. The molecule has 0 saturated carbocycles. The number of pyridine rings is 1. The molecule has 0 aliphatic carbocycles. The summed E-state index contributed by atoms with van der Waals surface area (Å²) in [5.41, 5.74) is 4.46. The van der Waals surface area contributed by atoms with Crippen molar-refractivity contribution >= 4 is 22.5 Å². The third-order valence-electron chi connectivity index (χ3n) is 4.58. The van der Waals surface area contributed by atoms with Crippen LogP contribution in [0.15, 0.2) is 55.0 Å². The average molecular weight is 382 g/mol. The van der Waals surface area contributed by atoms with Gasteiger partial charge in [-0.05, 0) is 29.8 Å². The highest BCUT2D eigenvalue weighted by Crippen LogP contribution is 2.35. The minimum Gasteiger partial charge on any atom is -0.481 e. The van der Waals surface area contributed by atoms with Crippen molar-refractivity contribution in [2.75, 3.05) is 7.11 Å². The summed E-state index contributed by atoms with van der Waals surface area (Å²) in [6.45, 7) is 0. The molecule has 0 bridgehead atoms. The fourth-order valence-electron chi connectivity index (χ4n) is 3.17. The van der Waals surface area contributed by atoms with Crippen LogP contribution in [0.3, 0.4) is 0 Å². The van der Waals surface area contributed by atoms with Gasteiger partial charge < -0.3 is 9.30 Å². The number of hydrogen-bond acceptors (Lipinski definition) is 3. The van der Waals surface area contributed by atoms with Gasteiger partial charge >= 0.3 is 0 Å². The molecule has 6 heteroatoms. The molecule has 4 nitrogen and oxygen atoms in total. The maximum absolute atomic E-state index is 13.2. The van der Waals surface area contributed by atoms with Crippen LogP contribution in [-0.2, 0) is 13.5 Å². The third-order valence-corrected chi connectivity index (χ3v) is 5.01. The second-order valence-corrected chi connectivity index (χ2v) is 6.72. The number of hydrogen-bond donors (Lipinski definition) is 0. The molecule has 0 aliphatic heterocycles. The van der Waals surface area contributed by atoms with Crippen LogP contribution in [0.5, 0.6) is 5.88 Å². The number of methoxy groups -OCH3 is 1. The van der Waals surface area contributed by atoms with Gasteiger partial charge in [0.2, 0.25) is 5.88 Å². The van der Waals surface area contributed by atoms with Crippen molar-refractivity contribution in [3.05, 3.63) is 77.0 Å². The Kier molecular flexibility index (Phi) is 4.54. The molecule has 0 radical (unpaired) electrons. The van der Waals surface area contributed by atoms with Crippen LogP contribution in [-0.4, -0.2) is 21.6 Å². The summed E-state index contributed by atoms with van der Waals surface area (Å²) in [7, 11) is 3.52. The number of ether oxygens (including phenoxy) is 1. The van der Waals surface area contributed by atoms with Gasteiger partial charge in [0.1, 0.15) is 5.82 Å². The summed E-state index contributed by atoms with van der Waals surface area (Å²) in [5, 5.41) is 1.43. The molecule has 0 unspecified atom stereocenters. The van der Waals surface area contributed by atoms with Crippen molar-refractivity contribution in [1.29, 1.82) is 0 Å². The number of aromatic nitrogens is 3. The molecule has 4 rings (SSSR count). The molecule has 0 atom stereocenters. The van der Waals surface area contributed by atoms with Gasteiger partial charge in [0.05, 0.1) is 35.9 Å². The van der Waals surface area contributed by atoms with Crippen molar-refractivity contribution in [3.63, 3.8) is 0 Å². The number of halogens is 2. The van der Waals surface area contributed by atoms with Gasteiger partial charge in [-0.25, -0.2) is 14.4 Å². The lowest BCUT2D eigenvalue weighted by molar-refractivity contribution is 0.395. The Bertz CT molecular complexity index is 1120. The Balaban J connectivity index is 1.85. The van der Waals surface area contributed by atoms with Crippen LogP contribution in [0.1, 0.15) is 11.1 Å². The zero-order valence-electron chi connectivity index (χ0n) is 14.9. The first-order chi connectivity index (χ1) is 13.1. The standard InChI is InChI=1S/C21H17ClFN3O/c1-26-12-24-11-19(26)14-5-8-18-16(10-14)20(22)17(21(25-18)27-2)9-13-3-6-15(23)7-4-13/h3-8,10-12H,9H2,1-2H3. The Morgan fingerprint density at radius 2 is 1.93 bits per heavy atom. The smallest absolute Gasteiger partial charge is 0.218 e. The molecule has 2 aromatic carbocycles. The Morgan fingerprint density at radius 3 is 2.59 bits per heavy atom. The molecule has 0 N–H and O–H groups in total. The van der Waals surface area contributed by atoms with Crippen molar-refractivity contribution < 1.29 is 9.13 Å². The van der Waals surface area contributed by atoms with Crippen LogP contribution in [0.2, 0.25) is 5.02 Å². The van der Waals surface area contributed by atoms with Crippen LogP contribution < -0.4 is 4.74 Å². The molecule has 2 heterocycles. The van der Waals surface area contributed by atoms with Crippen LogP contribution in [0.4, 0.5) is 4.39 Å². The van der Waals surface area contributed by atoms with E-state index in [1.165, 1.54) is 12.1 Å². The van der Waals surface area contributed by atoms with Crippen LogP contribution in [0.25, 0.3) is 22.2 Å². The van der Waals surface area contributed by atoms with E-state index in [1.54, 1.807) is 25.6 Å². The predicted octanol–water partition coefficient (Wildman–Crippen LogP) is 5.03. The first-order valence-corrected chi connectivity index (χ1v) is 8.82. The van der Waals surface area contributed by atoms with Gasteiger partial charge in [-0.3, -0.25) is 0 Å². The van der Waals surface area contributed by atoms with Crippen molar-refractivity contribution in [2.45, 2.75) is 6.42 Å². The molecule has 136 valence electrons. The second kappa shape index (κ2) is 7.00. The minimum absolute atomic E-state index is 0.269. The maximum Gasteiger partial charge on any atom is 0.218 e. The third kappa shape index (κ3) is 3.26. The molecule has 27 heavy (non-hydrogen) atoms. The van der Waals surface area contributed by atoms with Crippen LogP contribution in [0, 0.1) is 5.82 Å². The molecule has 0 spiro atoms. The zero-order chi connectivity index (χ0) is 19.0. The number of imidazole rings is 1. The highest BCUT2D eigenvalue weighted by molar-refractivity contribution is 6.36. The second-order valence-electron chi connectivity index (χ2n) is 6.34. The van der Waals surface area contributed by atoms with E-state index in [-0.39, 0.29) is 5.82 Å². The fourth-order valence-corrected chi connectivity index (χ4v) is 3.46. The van der Waals surface area contributed by atoms with E-state index in [9.17, 15) is 4.39 Å². The molecular weight excluding hydrogens is 365 g/mol. The monoisotopic (exact) mass is 381 g/mol. The number of aryl methyl sites for hydroxylation is 1. The molecule has 2 aromatic heterocycles. The number of rotatable bonds is 4. The lowest BCUT2D eigenvalue weighted by Crippen LogP contribution is -2.00. The Hall–Kier alpha value is -2.92. The van der Waals surface area contributed by atoms with Gasteiger partial charge in [-0.15, -0.1) is 0 Å². The summed E-state index contributed by atoms with van der Waals surface area (Å²) < 4.78 is 20.6. The number of fused-ring (bicyclic) bond motifs is 1. The topological polar surface area (TPSA) is 39.9 Å². The lowest BCUT2D eigenvalue weighted by atomic mass is 10.0. The Labute approximate surface area is 161 Å². The first-order valence-electron chi connectivity index (χ1n) is 8.44. The first kappa shape index (κ1) is 17.5. The molecule has 4 aromatic rings. The summed E-state index contributed by atoms with van der Waals surface area (Å²) in [6.07, 6.45) is 4.07. The lowest BCUT2D eigenvalue weighted by Gasteiger charge is -2.13. The average Bonchev–Trinajstić information content (AvgIpc) is 3.11. The molecular formula is C21H17ClFN3O. The quantitative estimate of drug-likeness (QED) is 0.498. The maximum atomic E-state index is 13.2. The predicted molar refractivity (Wildman–Crippen MR) is 105 cm³/mol. The summed E-state index contributed by atoms with van der Waals surface area (Å²) in [6, 6.07) is 12.3. The molecule has 0 fully saturated rings. The highest BCUT2D eigenvalue weighted by atomic mass is 35.5. The van der Waals surface area contributed by atoms with Crippen molar-refractivity contribution in [2.24, 2.45) is 7.05 Å². The fraction of sp³-hybridized carbons (Fsp3) is 0.143. The van der Waals surface area contributed by atoms with Crippen LogP contribution >= 0.6 is 11.6 Å². The van der Waals surface area contributed by atoms with E-state index in [0.29, 0.717) is 17.3 Å². The highest BCUT2D eigenvalue weighted by Gasteiger charge is 2.16. The molecule has 0 aliphatic rings. The summed E-state index contributed by atoms with van der Waals surface area (Å²) in [4.78, 5) is 8.78. The van der Waals surface area contributed by atoms with E-state index >= 15 is 0 Å². The molecule has 0 amide bonds. The van der Waals surface area contributed by atoms with E-state index in [1.807, 2.05) is 36.0 Å². The van der Waals surface area contributed by atoms with Crippen molar-refractivity contribution in [1.82, 2.24) is 14.5 Å². The van der Waals surface area contributed by atoms with E-state index in [2.05, 4.69) is 9.97 Å². The van der Waals surface area contributed by atoms with Gasteiger partial charge in [0, 0.05) is 30.0 Å². The van der Waals surface area contributed by atoms with E-state index in [0.717, 1.165) is 33.3 Å². The van der Waals surface area contributed by atoms with Gasteiger partial charge in [0.25, 0.3) is 0 Å². The summed E-state index contributed by atoms with van der Waals surface area (Å²) >= 11 is 6.76. The molecule has 0 saturated heterocycles. The van der Waals surface area contributed by atoms with E-state index < -0.39 is 0 Å². The summed E-state index contributed by atoms with van der Waals surface area (Å²) in [5.74, 6) is 0.208. The van der Waals surface area contributed by atoms with Crippen molar-refractivity contribution in [3.8, 4) is 17.1 Å². The van der Waals surface area contributed by atoms with Gasteiger partial charge in [-0.1, -0.05) is 29.8 Å². The minimum atomic E-state index is -0.269. The van der Waals surface area contributed by atoms with Gasteiger partial charge in [-0.2, -0.15) is 0 Å². The Morgan fingerprint density at radius 1 is 1.15 bits per heavy atom. The normalized spacial score (nSPS) is 11.1. The van der Waals surface area contributed by atoms with E-state index in [4.69, 9.17) is 16.3 Å². The SMILES string of the molecule is COc1nc2ccc(-c3cncn3C)cc2c(Cl)c1Cc1ccc(F)cc1. The zero-order valence-corrected chi connectivity index (χ0v) is 15.7.